The van der Waals surface area contributed by atoms with Crippen molar-refractivity contribution in [2.75, 3.05) is 19.6 Å². The lowest BCUT2D eigenvalue weighted by Crippen LogP contribution is -2.63. The molecule has 0 saturated carbocycles. The van der Waals surface area contributed by atoms with Crippen molar-refractivity contribution in [3.05, 3.63) is 103 Å². The molecule has 3 amide bonds. The highest BCUT2D eigenvalue weighted by molar-refractivity contribution is 8.03. The number of nitro benzene ring substituents is 2. The van der Waals surface area contributed by atoms with Gasteiger partial charge < -0.3 is 24.4 Å². The molecule has 7 atom stereocenters. The van der Waals surface area contributed by atoms with Gasteiger partial charge in [-0.1, -0.05) is 6.92 Å². The van der Waals surface area contributed by atoms with Gasteiger partial charge in [-0.25, -0.2) is 19.3 Å². The molecule has 1 N–H and O–H groups in total. The summed E-state index contributed by atoms with van der Waals surface area (Å²) in [4.78, 5) is 85.1. The summed E-state index contributed by atoms with van der Waals surface area (Å²) in [6.45, 7) is 3.78. The maximum absolute atomic E-state index is 14.2. The number of likely N-dealkylation sites (tertiary alicyclic amines) is 2. The minimum Gasteiger partial charge on any atom is -0.456 e. The minimum absolute atomic E-state index is 0.0219. The van der Waals surface area contributed by atoms with E-state index in [0.717, 1.165) is 0 Å². The molecule has 20 heteroatoms. The van der Waals surface area contributed by atoms with Gasteiger partial charge >= 0.3 is 12.1 Å². The van der Waals surface area contributed by atoms with Crippen LogP contribution in [0.5, 0.6) is 0 Å². The Kier molecular flexibility index (Phi) is 10.8. The van der Waals surface area contributed by atoms with Crippen LogP contribution < -0.4 is 0 Å². The first-order chi connectivity index (χ1) is 26.8. The molecule has 56 heavy (non-hydrogen) atoms. The number of carbonyl (C=O) groups excluding carboxylic acids is 4. The zero-order chi connectivity index (χ0) is 39.8. The predicted octanol–water partition coefficient (Wildman–Crippen LogP) is 3.19. The largest absolute Gasteiger partial charge is 0.456 e. The second kappa shape index (κ2) is 15.7. The highest BCUT2D eigenvalue weighted by atomic mass is 32.2. The molecule has 1 aromatic heterocycles. The van der Waals surface area contributed by atoms with Crippen LogP contribution in [0.1, 0.15) is 43.9 Å². The third-order valence-corrected chi connectivity index (χ3v) is 12.2. The van der Waals surface area contributed by atoms with Gasteiger partial charge in [0.2, 0.25) is 11.8 Å². The molecule has 0 aliphatic carbocycles. The van der Waals surface area contributed by atoms with E-state index in [1.54, 1.807) is 15.9 Å². The average Bonchev–Trinajstić information content (AvgIpc) is 4.00. The Labute approximate surface area is 323 Å². The number of aliphatic hydroxyl groups excluding tert-OH is 1. The number of non-ortho nitro benzene ring substituents is 2. The smallest absolute Gasteiger partial charge is 0.410 e. The Morgan fingerprint density at radius 2 is 1.61 bits per heavy atom. The number of carbonyl (C=O) groups is 4. The zero-order valence-corrected chi connectivity index (χ0v) is 31.1. The molecule has 0 bridgehead atoms. The van der Waals surface area contributed by atoms with Crippen molar-refractivity contribution in [3.8, 4) is 0 Å². The molecule has 4 aliphatic rings. The van der Waals surface area contributed by atoms with Gasteiger partial charge in [0.15, 0.2) is 0 Å². The fourth-order valence-corrected chi connectivity index (χ4v) is 9.34. The highest BCUT2D eigenvalue weighted by Crippen LogP contribution is 2.52. The zero-order valence-electron chi connectivity index (χ0n) is 30.3. The van der Waals surface area contributed by atoms with E-state index < -0.39 is 63.1 Å². The van der Waals surface area contributed by atoms with Crippen LogP contribution in [-0.2, 0) is 37.1 Å². The van der Waals surface area contributed by atoms with E-state index in [2.05, 4.69) is 10.1 Å². The summed E-state index contributed by atoms with van der Waals surface area (Å²) in [5.41, 5.74) is 0.786. The van der Waals surface area contributed by atoms with E-state index in [9.17, 15) is 44.5 Å². The first kappa shape index (κ1) is 38.4. The van der Waals surface area contributed by atoms with Crippen molar-refractivity contribution in [2.45, 2.75) is 69.4 Å². The Bertz CT molecular complexity index is 2060. The number of rotatable bonds is 12. The van der Waals surface area contributed by atoms with Gasteiger partial charge in [-0.3, -0.25) is 34.7 Å². The summed E-state index contributed by atoms with van der Waals surface area (Å²) in [6, 6.07) is 9.54. The number of nitrogens with zero attached hydrogens (tertiary/aromatic N) is 8. The van der Waals surface area contributed by atoms with Gasteiger partial charge in [-0.2, -0.15) is 5.10 Å². The number of hydrogen-bond acceptors (Lipinski definition) is 14. The number of β-lactam (4-membered cyclic amide) rings is 1. The second-order valence-corrected chi connectivity index (χ2v) is 15.5. The van der Waals surface area contributed by atoms with Crippen LogP contribution >= 0.6 is 11.8 Å². The van der Waals surface area contributed by atoms with E-state index in [-0.39, 0.29) is 55.2 Å². The fourth-order valence-electron chi connectivity index (χ4n) is 7.82. The summed E-state index contributed by atoms with van der Waals surface area (Å²) < 4.78 is 13.0. The van der Waals surface area contributed by atoms with Crippen LogP contribution in [0.2, 0.25) is 0 Å². The van der Waals surface area contributed by atoms with E-state index in [1.807, 2.05) is 6.92 Å². The van der Waals surface area contributed by atoms with Gasteiger partial charge in [0, 0.05) is 60.0 Å². The van der Waals surface area contributed by atoms with Gasteiger partial charge in [-0.05, 0) is 55.2 Å². The molecule has 3 fully saturated rings. The number of thioether (sulfide) groups is 1. The Morgan fingerprint density at radius 1 is 0.982 bits per heavy atom. The molecule has 4 aliphatic heterocycles. The van der Waals surface area contributed by atoms with Crippen LogP contribution in [0.15, 0.2) is 71.8 Å². The summed E-state index contributed by atoms with van der Waals surface area (Å²) in [6.07, 6.45) is 2.09. The normalized spacial score (nSPS) is 24.8. The molecule has 0 radical (unpaired) electrons. The first-order valence-corrected chi connectivity index (χ1v) is 18.8. The first-order valence-electron chi connectivity index (χ1n) is 17.9. The monoisotopic (exact) mass is 790 g/mol. The summed E-state index contributed by atoms with van der Waals surface area (Å²) >= 11 is 1.27. The van der Waals surface area contributed by atoms with Crippen molar-refractivity contribution in [1.29, 1.82) is 0 Å². The molecule has 3 aromatic rings. The third-order valence-electron chi connectivity index (χ3n) is 10.7. The summed E-state index contributed by atoms with van der Waals surface area (Å²) in [7, 11) is 0. The van der Waals surface area contributed by atoms with Crippen molar-refractivity contribution < 1.29 is 43.6 Å². The van der Waals surface area contributed by atoms with E-state index >= 15 is 0 Å². The minimum atomic E-state index is -0.982. The van der Waals surface area contributed by atoms with Gasteiger partial charge in [0.05, 0.1) is 34.0 Å². The van der Waals surface area contributed by atoms with Gasteiger partial charge in [0.25, 0.3) is 11.4 Å². The van der Waals surface area contributed by atoms with E-state index in [0.29, 0.717) is 35.5 Å². The summed E-state index contributed by atoms with van der Waals surface area (Å²) in [5, 5.41) is 36.4. The molecule has 19 nitrogen and oxygen atoms in total. The maximum atomic E-state index is 14.2. The number of fused-ring (bicyclic) bond motifs is 1. The number of nitro groups is 2. The molecular weight excluding hydrogens is 753 g/mol. The number of amides is 3. The van der Waals surface area contributed by atoms with E-state index in [1.165, 1.54) is 83.3 Å². The van der Waals surface area contributed by atoms with E-state index in [4.69, 9.17) is 9.47 Å². The van der Waals surface area contributed by atoms with Crippen LogP contribution in [-0.4, -0.2) is 111 Å². The van der Waals surface area contributed by atoms with Crippen LogP contribution in [0.4, 0.5) is 16.2 Å². The Morgan fingerprint density at radius 3 is 2.18 bits per heavy atom. The highest BCUT2D eigenvalue weighted by Gasteiger charge is 2.61. The fraction of sp³-hybridized carbons (Fsp3) is 0.444. The van der Waals surface area contributed by atoms with Crippen molar-refractivity contribution >= 4 is 47.0 Å². The second-order valence-electron chi connectivity index (χ2n) is 14.2. The number of hydrogen-bond donors (Lipinski definition) is 1. The van der Waals surface area contributed by atoms with Crippen LogP contribution in [0.25, 0.3) is 0 Å². The number of esters is 1. The lowest BCUT2D eigenvalue weighted by Gasteiger charge is -2.46. The Balaban J connectivity index is 1.12. The molecule has 3 saturated heterocycles. The SMILES string of the molecule is C[C@@H](O)[C@H]1C(=O)N2C(C(=O)OCc3ccc([N+](=O)[O-])cc3)=C(S[C@H]3C[C@@H](C(=O)N4CC[C@H](n5cncn5)C4)N(C(=O)OCc4ccc([N+](=O)[O-])cc4)C3)[C@H](C)[C@H]12. The van der Waals surface area contributed by atoms with Crippen molar-refractivity contribution in [1.82, 2.24) is 29.5 Å². The third kappa shape index (κ3) is 7.40. The van der Waals surface area contributed by atoms with Gasteiger partial charge in [-0.15, -0.1) is 11.8 Å². The molecule has 5 heterocycles. The number of ether oxygens (including phenoxy) is 2. The molecular formula is C36H38N8O11S. The number of aliphatic hydroxyl groups is 1. The standard InChI is InChI=1S/C36H38N8O11S/c1-20-30-29(21(2)45)34(47)42(30)31(35(48)54-16-22-3-7-24(8-4-22)43(50)51)32(20)56-27-13-28(33(46)39-12-11-26(14-39)41-19-37-18-38-41)40(15-27)36(49)55-17-23-5-9-25(10-6-23)44(52)53/h3-10,18-21,26-30,45H,11-17H2,1-2H3/t20-,21-,26+,27+,28+,29-,30-/m1/s1. The van der Waals surface area contributed by atoms with Gasteiger partial charge in [0.1, 0.15) is 37.6 Å². The lowest BCUT2D eigenvalue weighted by molar-refractivity contribution is -0.385. The molecule has 0 unspecified atom stereocenters. The number of benzene rings is 2. The molecule has 294 valence electrons. The lowest BCUT2D eigenvalue weighted by atomic mass is 9.79. The quantitative estimate of drug-likeness (QED) is 0.120. The van der Waals surface area contributed by atoms with Crippen LogP contribution in [0.3, 0.4) is 0 Å². The molecule has 2 aromatic carbocycles. The Hall–Kier alpha value is -5.89. The maximum Gasteiger partial charge on any atom is 0.410 e. The molecule has 7 rings (SSSR count). The van der Waals surface area contributed by atoms with Crippen molar-refractivity contribution in [3.63, 3.8) is 0 Å². The summed E-state index contributed by atoms with van der Waals surface area (Å²) in [5.74, 6) is -2.66. The number of aromatic nitrogens is 3. The van der Waals surface area contributed by atoms with Crippen molar-refractivity contribution in [2.24, 2.45) is 11.8 Å². The predicted molar refractivity (Wildman–Crippen MR) is 195 cm³/mol. The molecule has 0 spiro atoms. The van der Waals surface area contributed by atoms with Crippen LogP contribution in [0, 0.1) is 32.1 Å². The topological polar surface area (TPSA) is 234 Å². The average molecular weight is 791 g/mol.